The number of fused-ring (bicyclic) bond motifs is 1. The van der Waals surface area contributed by atoms with Crippen molar-refractivity contribution in [1.29, 1.82) is 0 Å². The summed E-state index contributed by atoms with van der Waals surface area (Å²) in [5, 5.41) is 5.24. The number of aromatic nitrogens is 3. The summed E-state index contributed by atoms with van der Waals surface area (Å²) in [6.45, 7) is 7.13. The van der Waals surface area contributed by atoms with Gasteiger partial charge in [-0.1, -0.05) is 41.2 Å². The van der Waals surface area contributed by atoms with Crippen LogP contribution in [0.2, 0.25) is 0 Å². The number of rotatable bonds is 5. The fourth-order valence-corrected chi connectivity index (χ4v) is 4.28. The number of thiazole rings is 1. The topological polar surface area (TPSA) is 51.0 Å². The average molecular weight is 391 g/mol. The summed E-state index contributed by atoms with van der Waals surface area (Å²) in [5.74, 6) is -0.0377. The molecular weight excluding hydrogens is 368 g/mol. The van der Waals surface area contributed by atoms with Crippen molar-refractivity contribution in [3.63, 3.8) is 0 Å². The lowest BCUT2D eigenvalue weighted by molar-refractivity contribution is 0.0985. The molecule has 0 fully saturated rings. The molecule has 142 valence electrons. The van der Waals surface area contributed by atoms with Crippen molar-refractivity contribution in [2.24, 2.45) is 0 Å². The number of carbonyl (C=O) groups is 1. The molecule has 5 nitrogen and oxygen atoms in total. The van der Waals surface area contributed by atoms with E-state index in [-0.39, 0.29) is 5.91 Å². The predicted octanol–water partition coefficient (Wildman–Crippen LogP) is 4.77. The minimum absolute atomic E-state index is 0.0377. The second-order valence-corrected chi connectivity index (χ2v) is 7.95. The number of anilines is 1. The number of carbonyl (C=O) groups excluding carboxylic acids is 1. The summed E-state index contributed by atoms with van der Waals surface area (Å²) in [5.41, 5.74) is 4.72. The molecule has 0 saturated heterocycles. The first-order chi connectivity index (χ1) is 13.5. The molecule has 4 aromatic rings. The smallest absolute Gasteiger partial charge is 0.260 e. The lowest BCUT2D eigenvalue weighted by Gasteiger charge is -2.20. The zero-order valence-corrected chi connectivity index (χ0v) is 17.0. The van der Waals surface area contributed by atoms with Gasteiger partial charge in [-0.15, -0.1) is 0 Å². The van der Waals surface area contributed by atoms with Gasteiger partial charge in [-0.25, -0.2) is 4.98 Å². The molecule has 0 bridgehead atoms. The van der Waals surface area contributed by atoms with Crippen molar-refractivity contribution < 1.29 is 4.79 Å². The highest BCUT2D eigenvalue weighted by Crippen LogP contribution is 2.29. The summed E-state index contributed by atoms with van der Waals surface area (Å²) in [6.07, 6.45) is 0. The van der Waals surface area contributed by atoms with Gasteiger partial charge in [0.2, 0.25) is 0 Å². The van der Waals surface area contributed by atoms with Gasteiger partial charge in [0.25, 0.3) is 5.91 Å². The Balaban J connectivity index is 1.69. The van der Waals surface area contributed by atoms with Crippen LogP contribution in [0.3, 0.4) is 0 Å². The molecule has 1 amide bonds. The first-order valence-electron chi connectivity index (χ1n) is 9.26. The number of hydrogen-bond donors (Lipinski definition) is 0. The van der Waals surface area contributed by atoms with E-state index in [4.69, 9.17) is 4.98 Å². The van der Waals surface area contributed by atoms with Crippen LogP contribution in [-0.4, -0.2) is 27.2 Å². The molecule has 0 aliphatic heterocycles. The highest BCUT2D eigenvalue weighted by molar-refractivity contribution is 7.22. The van der Waals surface area contributed by atoms with Crippen molar-refractivity contribution in [3.8, 4) is 0 Å². The molecule has 2 aromatic heterocycles. The Kier molecular flexibility index (Phi) is 4.96. The van der Waals surface area contributed by atoms with E-state index in [9.17, 15) is 4.79 Å². The van der Waals surface area contributed by atoms with Crippen LogP contribution in [0.5, 0.6) is 0 Å². The molecule has 4 rings (SSSR count). The van der Waals surface area contributed by atoms with Crippen LogP contribution in [0, 0.1) is 20.8 Å². The van der Waals surface area contributed by atoms with Gasteiger partial charge in [0, 0.05) is 17.8 Å². The average Bonchev–Trinajstić information content (AvgIpc) is 3.24. The Morgan fingerprint density at radius 2 is 1.89 bits per heavy atom. The third kappa shape index (κ3) is 3.68. The van der Waals surface area contributed by atoms with Crippen LogP contribution in [0.4, 0.5) is 5.13 Å². The maximum atomic E-state index is 13.3. The zero-order chi connectivity index (χ0) is 19.7. The summed E-state index contributed by atoms with van der Waals surface area (Å²) in [7, 11) is 0. The number of aryl methyl sites for hydroxylation is 3. The van der Waals surface area contributed by atoms with E-state index in [0.717, 1.165) is 27.2 Å². The van der Waals surface area contributed by atoms with Crippen molar-refractivity contribution in [2.45, 2.75) is 27.3 Å². The number of nitrogens with zero attached hydrogens (tertiary/aromatic N) is 4. The van der Waals surface area contributed by atoms with E-state index < -0.39 is 0 Å². The van der Waals surface area contributed by atoms with Crippen LogP contribution in [0.15, 0.2) is 54.6 Å². The molecule has 0 unspecified atom stereocenters. The minimum Gasteiger partial charge on any atom is -0.282 e. The van der Waals surface area contributed by atoms with Gasteiger partial charge in [0.05, 0.1) is 22.5 Å². The third-order valence-corrected chi connectivity index (χ3v) is 5.72. The van der Waals surface area contributed by atoms with E-state index in [1.54, 1.807) is 16.2 Å². The Morgan fingerprint density at radius 3 is 2.61 bits per heavy atom. The van der Waals surface area contributed by atoms with Crippen molar-refractivity contribution in [2.75, 3.05) is 11.4 Å². The van der Waals surface area contributed by atoms with E-state index in [2.05, 4.69) is 5.10 Å². The van der Waals surface area contributed by atoms with Crippen LogP contribution in [0.1, 0.15) is 27.3 Å². The first-order valence-corrected chi connectivity index (χ1v) is 10.1. The summed E-state index contributed by atoms with van der Waals surface area (Å²) >= 11 is 1.54. The highest BCUT2D eigenvalue weighted by Gasteiger charge is 2.21. The standard InChI is InChI=1S/C22H22N4OS/c1-15-7-6-8-18(13-15)21(27)25(11-12-26-17(3)14-16(2)24-26)22-23-19-9-4-5-10-20(19)28-22/h4-10,13-14H,11-12H2,1-3H3. The SMILES string of the molecule is Cc1cccc(C(=O)N(CCn2nc(C)cc2C)c2nc3ccccc3s2)c1. The molecule has 0 radical (unpaired) electrons. The number of para-hydroxylation sites is 1. The Morgan fingerprint density at radius 1 is 1.07 bits per heavy atom. The largest absolute Gasteiger partial charge is 0.282 e. The number of amides is 1. The second kappa shape index (κ2) is 7.56. The second-order valence-electron chi connectivity index (χ2n) is 6.94. The molecule has 0 atom stereocenters. The lowest BCUT2D eigenvalue weighted by atomic mass is 10.1. The Hall–Kier alpha value is -2.99. The molecule has 0 N–H and O–H groups in total. The van der Waals surface area contributed by atoms with Gasteiger partial charge < -0.3 is 0 Å². The molecular formula is C22H22N4OS. The Bertz CT molecular complexity index is 1110. The molecule has 2 aromatic carbocycles. The zero-order valence-electron chi connectivity index (χ0n) is 16.2. The van der Waals surface area contributed by atoms with E-state index >= 15 is 0 Å². The summed E-state index contributed by atoms with van der Waals surface area (Å²) in [4.78, 5) is 19.8. The first kappa shape index (κ1) is 18.4. The van der Waals surface area contributed by atoms with Crippen molar-refractivity contribution >= 4 is 32.6 Å². The van der Waals surface area contributed by atoms with E-state index in [0.29, 0.717) is 23.8 Å². The van der Waals surface area contributed by atoms with Gasteiger partial charge in [0.15, 0.2) is 5.13 Å². The summed E-state index contributed by atoms with van der Waals surface area (Å²) in [6, 6.07) is 17.7. The van der Waals surface area contributed by atoms with Gasteiger partial charge in [-0.2, -0.15) is 5.10 Å². The van der Waals surface area contributed by atoms with Gasteiger partial charge in [0.1, 0.15) is 0 Å². The van der Waals surface area contributed by atoms with Gasteiger partial charge >= 0.3 is 0 Å². The van der Waals surface area contributed by atoms with Crippen molar-refractivity contribution in [1.82, 2.24) is 14.8 Å². The van der Waals surface area contributed by atoms with Crippen LogP contribution in [0.25, 0.3) is 10.2 Å². The maximum Gasteiger partial charge on any atom is 0.260 e. The van der Waals surface area contributed by atoms with Crippen LogP contribution in [-0.2, 0) is 6.54 Å². The third-order valence-electron chi connectivity index (χ3n) is 4.66. The minimum atomic E-state index is -0.0377. The van der Waals surface area contributed by atoms with E-state index in [1.165, 1.54) is 0 Å². The van der Waals surface area contributed by atoms with E-state index in [1.807, 2.05) is 80.1 Å². The van der Waals surface area contributed by atoms with Crippen molar-refractivity contribution in [3.05, 3.63) is 77.1 Å². The quantitative estimate of drug-likeness (QED) is 0.493. The lowest BCUT2D eigenvalue weighted by Crippen LogP contribution is -2.34. The highest BCUT2D eigenvalue weighted by atomic mass is 32.1. The summed E-state index contributed by atoms with van der Waals surface area (Å²) < 4.78 is 3.02. The van der Waals surface area contributed by atoms with Crippen LogP contribution >= 0.6 is 11.3 Å². The fraction of sp³-hybridized carbons (Fsp3) is 0.227. The molecule has 6 heteroatoms. The number of benzene rings is 2. The Labute approximate surface area is 168 Å². The van der Waals surface area contributed by atoms with Gasteiger partial charge in [-0.3, -0.25) is 14.4 Å². The fourth-order valence-electron chi connectivity index (χ4n) is 3.29. The molecule has 0 aliphatic rings. The predicted molar refractivity (Wildman–Crippen MR) is 114 cm³/mol. The molecule has 2 heterocycles. The monoisotopic (exact) mass is 390 g/mol. The molecule has 0 spiro atoms. The normalized spacial score (nSPS) is 11.1. The van der Waals surface area contributed by atoms with Crippen LogP contribution < -0.4 is 4.90 Å². The molecule has 0 aliphatic carbocycles. The van der Waals surface area contributed by atoms with Gasteiger partial charge in [-0.05, 0) is 51.1 Å². The maximum absolute atomic E-state index is 13.3. The number of hydrogen-bond acceptors (Lipinski definition) is 4. The molecule has 0 saturated carbocycles. The molecule has 28 heavy (non-hydrogen) atoms.